The first kappa shape index (κ1) is 10.9. The Balaban J connectivity index is 2.10. The summed E-state index contributed by atoms with van der Waals surface area (Å²) in [6.45, 7) is 1.04. The minimum atomic E-state index is 0.0139. The standard InChI is InChI=1S/C12H21NO2/c1-13-8-7-10(12(14)15-2)9-5-3-4-6-11(9)13/h9-11H,3-8H2,1-2H3. The molecule has 1 aliphatic carbocycles. The molecule has 0 radical (unpaired) electrons. The average Bonchev–Trinajstić information content (AvgIpc) is 2.29. The summed E-state index contributed by atoms with van der Waals surface area (Å²) in [5.74, 6) is 0.724. The van der Waals surface area contributed by atoms with Gasteiger partial charge in [0.2, 0.25) is 0 Å². The van der Waals surface area contributed by atoms with E-state index in [9.17, 15) is 4.79 Å². The lowest BCUT2D eigenvalue weighted by atomic mass is 9.72. The van der Waals surface area contributed by atoms with Crippen LogP contribution in [-0.2, 0) is 9.53 Å². The van der Waals surface area contributed by atoms with E-state index in [-0.39, 0.29) is 11.9 Å². The highest BCUT2D eigenvalue weighted by atomic mass is 16.5. The Morgan fingerprint density at radius 3 is 2.73 bits per heavy atom. The molecule has 0 aromatic rings. The molecule has 3 heteroatoms. The van der Waals surface area contributed by atoms with E-state index in [1.165, 1.54) is 32.8 Å². The summed E-state index contributed by atoms with van der Waals surface area (Å²) in [5.41, 5.74) is 0. The maximum Gasteiger partial charge on any atom is 0.309 e. The topological polar surface area (TPSA) is 29.5 Å². The van der Waals surface area contributed by atoms with Gasteiger partial charge >= 0.3 is 5.97 Å². The number of piperidine rings is 1. The third kappa shape index (κ3) is 2.03. The van der Waals surface area contributed by atoms with Crippen LogP contribution in [0.5, 0.6) is 0 Å². The van der Waals surface area contributed by atoms with Crippen molar-refractivity contribution in [3.63, 3.8) is 0 Å². The van der Waals surface area contributed by atoms with E-state index < -0.39 is 0 Å². The van der Waals surface area contributed by atoms with Gasteiger partial charge in [-0.05, 0) is 38.8 Å². The van der Waals surface area contributed by atoms with E-state index in [2.05, 4.69) is 11.9 Å². The molecule has 0 aromatic carbocycles. The van der Waals surface area contributed by atoms with Crippen LogP contribution < -0.4 is 0 Å². The van der Waals surface area contributed by atoms with Crippen molar-refractivity contribution < 1.29 is 9.53 Å². The van der Waals surface area contributed by atoms with Crippen LogP contribution in [0.25, 0.3) is 0 Å². The van der Waals surface area contributed by atoms with Gasteiger partial charge in [-0.15, -0.1) is 0 Å². The maximum atomic E-state index is 11.7. The summed E-state index contributed by atoms with van der Waals surface area (Å²) in [6.07, 6.45) is 6.04. The zero-order chi connectivity index (χ0) is 10.8. The molecule has 86 valence electrons. The normalized spacial score (nSPS) is 37.1. The van der Waals surface area contributed by atoms with Gasteiger partial charge < -0.3 is 9.64 Å². The largest absolute Gasteiger partial charge is 0.469 e. The lowest BCUT2D eigenvalue weighted by molar-refractivity contribution is -0.151. The second-order valence-electron chi connectivity index (χ2n) is 4.91. The molecule has 2 fully saturated rings. The van der Waals surface area contributed by atoms with Crippen LogP contribution in [0.15, 0.2) is 0 Å². The van der Waals surface area contributed by atoms with E-state index in [1.807, 2.05) is 0 Å². The van der Waals surface area contributed by atoms with E-state index >= 15 is 0 Å². The summed E-state index contributed by atoms with van der Waals surface area (Å²) in [4.78, 5) is 14.1. The molecule has 1 saturated heterocycles. The molecule has 2 rings (SSSR count). The van der Waals surface area contributed by atoms with Crippen molar-refractivity contribution in [2.24, 2.45) is 11.8 Å². The SMILES string of the molecule is COC(=O)C1CCN(C)C2CCCCC12. The van der Waals surface area contributed by atoms with Gasteiger partial charge in [0.25, 0.3) is 0 Å². The maximum absolute atomic E-state index is 11.7. The van der Waals surface area contributed by atoms with Gasteiger partial charge in [-0.1, -0.05) is 12.8 Å². The highest BCUT2D eigenvalue weighted by Crippen LogP contribution is 2.38. The summed E-state index contributed by atoms with van der Waals surface area (Å²) in [5, 5.41) is 0. The molecule has 1 aliphatic heterocycles. The van der Waals surface area contributed by atoms with Gasteiger partial charge in [0, 0.05) is 6.04 Å². The summed E-state index contributed by atoms with van der Waals surface area (Å²) in [6, 6.07) is 0.622. The molecule has 0 amide bonds. The van der Waals surface area contributed by atoms with Crippen molar-refractivity contribution in [2.75, 3.05) is 20.7 Å². The van der Waals surface area contributed by atoms with Gasteiger partial charge in [0.05, 0.1) is 13.0 Å². The Morgan fingerprint density at radius 2 is 2.00 bits per heavy atom. The average molecular weight is 211 g/mol. The number of ether oxygens (including phenoxy) is 1. The molecule has 15 heavy (non-hydrogen) atoms. The van der Waals surface area contributed by atoms with Crippen molar-refractivity contribution >= 4 is 5.97 Å². The molecule has 1 saturated carbocycles. The summed E-state index contributed by atoms with van der Waals surface area (Å²) < 4.78 is 4.92. The number of rotatable bonds is 1. The smallest absolute Gasteiger partial charge is 0.309 e. The van der Waals surface area contributed by atoms with Gasteiger partial charge in [-0.2, -0.15) is 0 Å². The fraction of sp³-hybridized carbons (Fsp3) is 0.917. The lowest BCUT2D eigenvalue weighted by Crippen LogP contribution is -2.50. The summed E-state index contributed by atoms with van der Waals surface area (Å²) >= 11 is 0. The van der Waals surface area contributed by atoms with Crippen LogP contribution in [-0.4, -0.2) is 37.6 Å². The van der Waals surface area contributed by atoms with Gasteiger partial charge in [0.1, 0.15) is 0 Å². The number of methoxy groups -OCH3 is 1. The Morgan fingerprint density at radius 1 is 1.27 bits per heavy atom. The molecule has 0 N–H and O–H groups in total. The zero-order valence-electron chi connectivity index (χ0n) is 9.74. The lowest BCUT2D eigenvalue weighted by Gasteiger charge is -2.45. The molecular formula is C12H21NO2. The van der Waals surface area contributed by atoms with Crippen molar-refractivity contribution in [3.05, 3.63) is 0 Å². The number of nitrogens with zero attached hydrogens (tertiary/aromatic N) is 1. The number of fused-ring (bicyclic) bond motifs is 1. The molecule has 3 nitrogen and oxygen atoms in total. The number of hydrogen-bond acceptors (Lipinski definition) is 3. The predicted molar refractivity (Wildman–Crippen MR) is 58.5 cm³/mol. The number of hydrogen-bond donors (Lipinski definition) is 0. The van der Waals surface area contributed by atoms with Crippen LogP contribution in [0.4, 0.5) is 0 Å². The van der Waals surface area contributed by atoms with Gasteiger partial charge in [-0.25, -0.2) is 0 Å². The molecule has 1 heterocycles. The number of carbonyl (C=O) groups is 1. The molecule has 3 atom stereocenters. The van der Waals surface area contributed by atoms with E-state index in [0.29, 0.717) is 12.0 Å². The quantitative estimate of drug-likeness (QED) is 0.618. The van der Waals surface area contributed by atoms with Crippen LogP contribution in [0.1, 0.15) is 32.1 Å². The van der Waals surface area contributed by atoms with Crippen molar-refractivity contribution in [3.8, 4) is 0 Å². The zero-order valence-corrected chi connectivity index (χ0v) is 9.74. The fourth-order valence-corrected chi connectivity index (χ4v) is 3.32. The predicted octanol–water partition coefficient (Wildman–Crippen LogP) is 1.67. The minimum absolute atomic E-state index is 0.0139. The van der Waals surface area contributed by atoms with E-state index in [0.717, 1.165) is 13.0 Å². The second kappa shape index (κ2) is 4.52. The summed E-state index contributed by atoms with van der Waals surface area (Å²) in [7, 11) is 3.70. The van der Waals surface area contributed by atoms with Crippen molar-refractivity contribution in [1.82, 2.24) is 4.90 Å². The highest BCUT2D eigenvalue weighted by molar-refractivity contribution is 5.73. The first-order chi connectivity index (χ1) is 7.24. The minimum Gasteiger partial charge on any atom is -0.469 e. The Bertz CT molecular complexity index is 242. The molecule has 0 aromatic heterocycles. The Kier molecular flexibility index (Phi) is 3.29. The molecule has 3 unspecified atom stereocenters. The highest BCUT2D eigenvalue weighted by Gasteiger charge is 2.41. The third-order valence-electron chi connectivity index (χ3n) is 4.16. The van der Waals surface area contributed by atoms with Crippen LogP contribution in [0.3, 0.4) is 0 Å². The fourth-order valence-electron chi connectivity index (χ4n) is 3.32. The van der Waals surface area contributed by atoms with Gasteiger partial charge in [0.15, 0.2) is 0 Å². The van der Waals surface area contributed by atoms with Crippen LogP contribution in [0.2, 0.25) is 0 Å². The number of carbonyl (C=O) groups excluding carboxylic acids is 1. The molecule has 0 spiro atoms. The van der Waals surface area contributed by atoms with E-state index in [4.69, 9.17) is 4.74 Å². The van der Waals surface area contributed by atoms with Crippen molar-refractivity contribution in [1.29, 1.82) is 0 Å². The van der Waals surface area contributed by atoms with E-state index in [1.54, 1.807) is 0 Å². The Hall–Kier alpha value is -0.570. The monoisotopic (exact) mass is 211 g/mol. The van der Waals surface area contributed by atoms with Crippen LogP contribution in [0, 0.1) is 11.8 Å². The first-order valence-electron chi connectivity index (χ1n) is 6.02. The third-order valence-corrected chi connectivity index (χ3v) is 4.16. The molecule has 0 bridgehead atoms. The van der Waals surface area contributed by atoms with Gasteiger partial charge in [-0.3, -0.25) is 4.79 Å². The first-order valence-corrected chi connectivity index (χ1v) is 6.02. The Labute approximate surface area is 91.8 Å². The number of likely N-dealkylation sites (tertiary alicyclic amines) is 1. The van der Waals surface area contributed by atoms with Crippen molar-refractivity contribution in [2.45, 2.75) is 38.1 Å². The number of esters is 1. The molecule has 2 aliphatic rings. The molecular weight excluding hydrogens is 190 g/mol. The second-order valence-corrected chi connectivity index (χ2v) is 4.91. The van der Waals surface area contributed by atoms with Crippen LogP contribution >= 0.6 is 0 Å².